The van der Waals surface area contributed by atoms with E-state index in [1.54, 1.807) is 18.2 Å². The van der Waals surface area contributed by atoms with Crippen molar-refractivity contribution >= 4 is 16.8 Å². The normalized spacial score (nSPS) is 19.7. The van der Waals surface area contributed by atoms with Crippen LogP contribution in [-0.2, 0) is 4.74 Å². The van der Waals surface area contributed by atoms with Crippen molar-refractivity contribution in [3.8, 4) is 0 Å². The monoisotopic (exact) mass is 261 g/mol. The Morgan fingerprint density at radius 3 is 2.95 bits per heavy atom. The van der Waals surface area contributed by atoms with Crippen molar-refractivity contribution in [2.75, 3.05) is 19.7 Å². The van der Waals surface area contributed by atoms with Crippen LogP contribution in [0.1, 0.15) is 16.8 Å². The molecule has 0 radical (unpaired) electrons. The lowest BCUT2D eigenvalue weighted by Gasteiger charge is -2.22. The Labute approximate surface area is 109 Å². The maximum atomic E-state index is 12.2. The topological polar surface area (TPSA) is 87.0 Å². The Kier molecular flexibility index (Phi) is 3.18. The van der Waals surface area contributed by atoms with Crippen LogP contribution in [0.3, 0.4) is 0 Å². The largest absolute Gasteiger partial charge is 0.375 e. The molecule has 1 aliphatic rings. The summed E-state index contributed by atoms with van der Waals surface area (Å²) < 4.78 is 5.51. The second kappa shape index (κ2) is 4.99. The zero-order valence-corrected chi connectivity index (χ0v) is 10.4. The van der Waals surface area contributed by atoms with E-state index in [9.17, 15) is 9.59 Å². The minimum atomic E-state index is -0.264. The molecule has 0 amide bonds. The van der Waals surface area contributed by atoms with Gasteiger partial charge in [0.05, 0.1) is 23.7 Å². The summed E-state index contributed by atoms with van der Waals surface area (Å²) in [7, 11) is 0. The number of morpholine rings is 1. The SMILES string of the molecule is O=C(CC1CNCCO1)c1ccc2[nH]c(=O)[nH]c2c1. The van der Waals surface area contributed by atoms with Crippen LogP contribution < -0.4 is 11.0 Å². The second-order valence-corrected chi connectivity index (χ2v) is 4.66. The molecule has 2 aromatic rings. The third kappa shape index (κ3) is 2.59. The van der Waals surface area contributed by atoms with Crippen LogP contribution in [0, 0.1) is 0 Å². The van der Waals surface area contributed by atoms with E-state index in [-0.39, 0.29) is 17.6 Å². The van der Waals surface area contributed by atoms with E-state index in [2.05, 4.69) is 15.3 Å². The summed E-state index contributed by atoms with van der Waals surface area (Å²) in [5.41, 5.74) is 1.69. The average molecular weight is 261 g/mol. The molecule has 0 aliphatic carbocycles. The lowest BCUT2D eigenvalue weighted by Crippen LogP contribution is -2.39. The molecule has 6 heteroatoms. The van der Waals surface area contributed by atoms with Crippen molar-refractivity contribution in [2.45, 2.75) is 12.5 Å². The third-order valence-electron chi connectivity index (χ3n) is 3.26. The zero-order chi connectivity index (χ0) is 13.2. The van der Waals surface area contributed by atoms with Crippen molar-refractivity contribution in [1.82, 2.24) is 15.3 Å². The summed E-state index contributed by atoms with van der Waals surface area (Å²) in [6.45, 7) is 2.18. The van der Waals surface area contributed by atoms with E-state index in [1.807, 2.05) is 0 Å². The average Bonchev–Trinajstić information content (AvgIpc) is 2.78. The number of carbonyl (C=O) groups is 1. The van der Waals surface area contributed by atoms with E-state index in [4.69, 9.17) is 4.74 Å². The Morgan fingerprint density at radius 1 is 1.32 bits per heavy atom. The van der Waals surface area contributed by atoms with Gasteiger partial charge in [-0.3, -0.25) is 4.79 Å². The first kappa shape index (κ1) is 12.1. The van der Waals surface area contributed by atoms with Gasteiger partial charge >= 0.3 is 5.69 Å². The minimum Gasteiger partial charge on any atom is -0.375 e. The predicted molar refractivity (Wildman–Crippen MR) is 70.5 cm³/mol. The molecule has 0 saturated carbocycles. The summed E-state index contributed by atoms with van der Waals surface area (Å²) >= 11 is 0. The van der Waals surface area contributed by atoms with E-state index < -0.39 is 0 Å². The van der Waals surface area contributed by atoms with Gasteiger partial charge in [0.1, 0.15) is 0 Å². The molecular formula is C13H15N3O3. The molecule has 0 bridgehead atoms. The quantitative estimate of drug-likeness (QED) is 0.699. The number of rotatable bonds is 3. The van der Waals surface area contributed by atoms with E-state index in [1.165, 1.54) is 0 Å². The molecule has 100 valence electrons. The first-order valence-electron chi connectivity index (χ1n) is 6.30. The highest BCUT2D eigenvalue weighted by atomic mass is 16.5. The van der Waals surface area contributed by atoms with Gasteiger partial charge in [0, 0.05) is 25.1 Å². The highest BCUT2D eigenvalue weighted by Crippen LogP contribution is 2.14. The molecule has 1 saturated heterocycles. The fourth-order valence-corrected chi connectivity index (χ4v) is 2.28. The van der Waals surface area contributed by atoms with Gasteiger partial charge in [-0.15, -0.1) is 0 Å². The highest BCUT2D eigenvalue weighted by Gasteiger charge is 2.18. The van der Waals surface area contributed by atoms with Crippen molar-refractivity contribution < 1.29 is 9.53 Å². The van der Waals surface area contributed by atoms with Crippen molar-refractivity contribution in [1.29, 1.82) is 0 Å². The van der Waals surface area contributed by atoms with E-state index in [0.717, 1.165) is 6.54 Å². The number of hydrogen-bond acceptors (Lipinski definition) is 4. The zero-order valence-electron chi connectivity index (χ0n) is 10.4. The summed E-state index contributed by atoms with van der Waals surface area (Å²) in [4.78, 5) is 28.6. The minimum absolute atomic E-state index is 0.0256. The Balaban J connectivity index is 1.78. The van der Waals surface area contributed by atoms with Gasteiger partial charge in [-0.25, -0.2) is 4.79 Å². The smallest absolute Gasteiger partial charge is 0.323 e. The van der Waals surface area contributed by atoms with Crippen molar-refractivity contribution in [3.05, 3.63) is 34.2 Å². The molecule has 1 fully saturated rings. The number of imidazole rings is 1. The lowest BCUT2D eigenvalue weighted by molar-refractivity contribution is 0.0240. The fourth-order valence-electron chi connectivity index (χ4n) is 2.28. The standard InChI is InChI=1S/C13H15N3O3/c17-12(6-9-7-14-3-4-19-9)8-1-2-10-11(5-8)16-13(18)15-10/h1-2,5,9,14H,3-4,6-7H2,(H2,15,16,18). The number of aromatic nitrogens is 2. The maximum absolute atomic E-state index is 12.2. The summed E-state index contributed by atoms with van der Waals surface area (Å²) in [6.07, 6.45) is 0.287. The van der Waals surface area contributed by atoms with Crippen LogP contribution in [0.2, 0.25) is 0 Å². The number of ketones is 1. The molecule has 3 N–H and O–H groups in total. The Morgan fingerprint density at radius 2 is 2.16 bits per heavy atom. The molecular weight excluding hydrogens is 246 g/mol. The highest BCUT2D eigenvalue weighted by molar-refractivity contribution is 5.99. The number of Topliss-reactive ketones (excluding diaryl/α,β-unsaturated/α-hetero) is 1. The molecule has 3 rings (SSSR count). The lowest BCUT2D eigenvalue weighted by atomic mass is 10.0. The summed E-state index contributed by atoms with van der Waals surface area (Å²) in [5, 5.41) is 3.19. The Bertz CT molecular complexity index is 652. The second-order valence-electron chi connectivity index (χ2n) is 4.66. The summed E-state index contributed by atoms with van der Waals surface area (Å²) in [6, 6.07) is 5.16. The number of benzene rings is 1. The molecule has 1 aliphatic heterocycles. The van der Waals surface area contributed by atoms with Gasteiger partial charge in [-0.05, 0) is 18.2 Å². The van der Waals surface area contributed by atoms with Gasteiger partial charge in [-0.1, -0.05) is 0 Å². The van der Waals surface area contributed by atoms with Gasteiger partial charge in [0.25, 0.3) is 0 Å². The fraction of sp³-hybridized carbons (Fsp3) is 0.385. The molecule has 2 heterocycles. The number of hydrogen-bond donors (Lipinski definition) is 3. The number of H-pyrrole nitrogens is 2. The molecule has 0 spiro atoms. The first-order chi connectivity index (χ1) is 9.22. The van der Waals surface area contributed by atoms with Crippen LogP contribution in [-0.4, -0.2) is 41.6 Å². The molecule has 1 unspecified atom stereocenters. The molecule has 1 aromatic carbocycles. The van der Waals surface area contributed by atoms with Crippen LogP contribution in [0.4, 0.5) is 0 Å². The summed E-state index contributed by atoms with van der Waals surface area (Å²) in [5.74, 6) is 0.0256. The number of aromatic amines is 2. The number of carbonyl (C=O) groups excluding carboxylic acids is 1. The molecule has 19 heavy (non-hydrogen) atoms. The van der Waals surface area contributed by atoms with Gasteiger partial charge < -0.3 is 20.0 Å². The Hall–Kier alpha value is -1.92. The van der Waals surface area contributed by atoms with Crippen LogP contribution in [0.25, 0.3) is 11.0 Å². The number of fused-ring (bicyclic) bond motifs is 1. The molecule has 1 atom stereocenters. The van der Waals surface area contributed by atoms with Crippen molar-refractivity contribution in [3.63, 3.8) is 0 Å². The maximum Gasteiger partial charge on any atom is 0.323 e. The van der Waals surface area contributed by atoms with Gasteiger partial charge in [0.2, 0.25) is 0 Å². The molecule has 6 nitrogen and oxygen atoms in total. The molecule has 1 aromatic heterocycles. The van der Waals surface area contributed by atoms with E-state index in [0.29, 0.717) is 36.2 Å². The van der Waals surface area contributed by atoms with Crippen LogP contribution in [0.5, 0.6) is 0 Å². The van der Waals surface area contributed by atoms with Crippen LogP contribution >= 0.6 is 0 Å². The van der Waals surface area contributed by atoms with Crippen molar-refractivity contribution in [2.24, 2.45) is 0 Å². The van der Waals surface area contributed by atoms with Gasteiger partial charge in [-0.2, -0.15) is 0 Å². The van der Waals surface area contributed by atoms with Crippen LogP contribution in [0.15, 0.2) is 23.0 Å². The van der Waals surface area contributed by atoms with Gasteiger partial charge in [0.15, 0.2) is 5.78 Å². The van der Waals surface area contributed by atoms with E-state index >= 15 is 0 Å². The first-order valence-corrected chi connectivity index (χ1v) is 6.30. The third-order valence-corrected chi connectivity index (χ3v) is 3.26. The number of nitrogens with one attached hydrogen (secondary N) is 3. The predicted octanol–water partition coefficient (Wildman–Crippen LogP) is 0.417. The number of ether oxygens (including phenoxy) is 1.